The Morgan fingerprint density at radius 1 is 1.11 bits per heavy atom. The van der Waals surface area contributed by atoms with Gasteiger partial charge < -0.3 is 30.8 Å². The molecule has 0 aromatic heterocycles. The summed E-state index contributed by atoms with van der Waals surface area (Å²) in [4.78, 5) is 40.3. The van der Waals surface area contributed by atoms with Crippen molar-refractivity contribution >= 4 is 23.2 Å². The monoisotopic (exact) mass is 511 g/mol. The Balaban J connectivity index is 1.62. The predicted molar refractivity (Wildman–Crippen MR) is 133 cm³/mol. The summed E-state index contributed by atoms with van der Waals surface area (Å²) >= 11 is 0. The number of aliphatic hydroxyl groups is 4. The SMILES string of the molecule is CCC1(NC(=O)C2=C(O)[C@@]3(O)C(=O)C4=C(O)c5c(O)cccc5[C@H](C)[C@H]4[C@H](O)[C@H]3CC2=O)CCCCC1. The van der Waals surface area contributed by atoms with E-state index in [1.807, 2.05) is 6.92 Å². The molecule has 37 heavy (non-hydrogen) atoms. The molecular weight excluding hydrogens is 478 g/mol. The number of benzene rings is 1. The van der Waals surface area contributed by atoms with E-state index in [0.29, 0.717) is 24.8 Å². The van der Waals surface area contributed by atoms with Crippen LogP contribution >= 0.6 is 0 Å². The topological polar surface area (TPSA) is 164 Å². The molecule has 9 nitrogen and oxygen atoms in total. The van der Waals surface area contributed by atoms with Gasteiger partial charge in [-0.05, 0) is 36.8 Å². The minimum absolute atomic E-state index is 0.0133. The normalized spacial score (nSPS) is 33.0. The zero-order valence-corrected chi connectivity index (χ0v) is 21.0. The van der Waals surface area contributed by atoms with Crippen LogP contribution in [0.15, 0.2) is 35.1 Å². The summed E-state index contributed by atoms with van der Waals surface area (Å²) in [7, 11) is 0. The van der Waals surface area contributed by atoms with Gasteiger partial charge in [-0.25, -0.2) is 0 Å². The highest BCUT2D eigenvalue weighted by Gasteiger charge is 2.65. The first-order chi connectivity index (χ1) is 17.5. The highest BCUT2D eigenvalue weighted by atomic mass is 16.4. The standard InChI is InChI=1S/C28H33NO8/c1-3-27(10-5-4-6-11-27)29-26(36)20-17(31)12-15-22(32)18-13(2)14-8-7-9-16(30)19(14)23(33)21(18)25(35)28(15,37)24(20)34/h7-9,13,15,18,22,30,32-34,37H,3-6,10-12H2,1-2H3,(H,29,36)/t13-,15+,18+,22+,28+/m0/s1. The molecule has 0 radical (unpaired) electrons. The number of Topliss-reactive ketones (excluding diaryl/α,β-unsaturated/α-hetero) is 2. The van der Waals surface area contributed by atoms with Crippen LogP contribution in [0.2, 0.25) is 0 Å². The van der Waals surface area contributed by atoms with Gasteiger partial charge in [0.15, 0.2) is 11.4 Å². The van der Waals surface area contributed by atoms with Gasteiger partial charge in [0.2, 0.25) is 5.78 Å². The molecule has 0 unspecified atom stereocenters. The molecule has 0 spiro atoms. The molecule has 5 rings (SSSR count). The number of hydrogen-bond acceptors (Lipinski definition) is 8. The lowest BCUT2D eigenvalue weighted by Gasteiger charge is -2.50. The number of amides is 1. The molecule has 0 heterocycles. The summed E-state index contributed by atoms with van der Waals surface area (Å²) in [6, 6.07) is 4.58. The van der Waals surface area contributed by atoms with Crippen molar-refractivity contribution in [1.29, 1.82) is 0 Å². The Labute approximate surface area is 214 Å². The second kappa shape index (κ2) is 8.70. The number of phenols is 1. The first-order valence-electron chi connectivity index (χ1n) is 13.0. The maximum atomic E-state index is 13.8. The van der Waals surface area contributed by atoms with Gasteiger partial charge >= 0.3 is 0 Å². The number of rotatable bonds is 3. The highest BCUT2D eigenvalue weighted by Crippen LogP contribution is 2.55. The second-order valence-corrected chi connectivity index (χ2v) is 11.0. The Bertz CT molecular complexity index is 1260. The Morgan fingerprint density at radius 2 is 1.78 bits per heavy atom. The van der Waals surface area contributed by atoms with Gasteiger partial charge in [-0.2, -0.15) is 0 Å². The van der Waals surface area contributed by atoms with Gasteiger partial charge in [0.1, 0.15) is 22.8 Å². The lowest BCUT2D eigenvalue weighted by atomic mass is 9.55. The number of hydrogen-bond donors (Lipinski definition) is 6. The lowest BCUT2D eigenvalue weighted by molar-refractivity contribution is -0.160. The zero-order valence-electron chi connectivity index (χ0n) is 21.0. The number of fused-ring (bicyclic) bond motifs is 3. The van der Waals surface area contributed by atoms with Crippen molar-refractivity contribution in [3.05, 3.63) is 46.2 Å². The highest BCUT2D eigenvalue weighted by molar-refractivity contribution is 6.23. The predicted octanol–water partition coefficient (Wildman–Crippen LogP) is 2.70. The van der Waals surface area contributed by atoms with Gasteiger partial charge in [0.05, 0.1) is 11.7 Å². The molecule has 9 heteroatoms. The van der Waals surface area contributed by atoms with Gasteiger partial charge in [-0.15, -0.1) is 0 Å². The smallest absolute Gasteiger partial charge is 0.258 e. The van der Waals surface area contributed by atoms with Crippen LogP contribution in [-0.4, -0.2) is 60.3 Å². The van der Waals surface area contributed by atoms with Gasteiger partial charge in [0, 0.05) is 29.4 Å². The molecule has 5 atom stereocenters. The average molecular weight is 512 g/mol. The summed E-state index contributed by atoms with van der Waals surface area (Å²) in [6.07, 6.45) is 2.87. The maximum absolute atomic E-state index is 13.8. The van der Waals surface area contributed by atoms with Gasteiger partial charge in [0.25, 0.3) is 5.91 Å². The van der Waals surface area contributed by atoms with Crippen LogP contribution in [0.3, 0.4) is 0 Å². The summed E-state index contributed by atoms with van der Waals surface area (Å²) in [5.41, 5.74) is -3.85. The summed E-state index contributed by atoms with van der Waals surface area (Å²) in [5, 5.41) is 58.6. The van der Waals surface area contributed by atoms with Gasteiger partial charge in [-0.3, -0.25) is 14.4 Å². The number of aliphatic hydroxyl groups excluding tert-OH is 3. The van der Waals surface area contributed by atoms with E-state index < -0.39 is 76.0 Å². The van der Waals surface area contributed by atoms with Crippen molar-refractivity contribution in [3.8, 4) is 5.75 Å². The summed E-state index contributed by atoms with van der Waals surface area (Å²) in [6.45, 7) is 3.64. The number of ketones is 2. The fraction of sp³-hybridized carbons (Fsp3) is 0.536. The van der Waals surface area contributed by atoms with Crippen LogP contribution in [-0.2, 0) is 14.4 Å². The third kappa shape index (κ3) is 3.47. The number of aromatic hydroxyl groups is 1. The van der Waals surface area contributed by atoms with E-state index in [-0.39, 0.29) is 16.9 Å². The van der Waals surface area contributed by atoms with Crippen LogP contribution in [0.1, 0.15) is 75.8 Å². The summed E-state index contributed by atoms with van der Waals surface area (Å²) in [5.74, 6) is -7.67. The molecule has 4 aliphatic rings. The minimum atomic E-state index is -2.78. The van der Waals surface area contributed by atoms with Crippen LogP contribution in [0, 0.1) is 11.8 Å². The van der Waals surface area contributed by atoms with Crippen molar-refractivity contribution in [1.82, 2.24) is 5.32 Å². The minimum Gasteiger partial charge on any atom is -0.508 e. The molecule has 0 saturated heterocycles. The average Bonchev–Trinajstić information content (AvgIpc) is 2.87. The van der Waals surface area contributed by atoms with E-state index in [2.05, 4.69) is 5.32 Å². The second-order valence-electron chi connectivity index (χ2n) is 11.0. The Kier molecular flexibility index (Phi) is 5.99. The van der Waals surface area contributed by atoms with Crippen LogP contribution in [0.25, 0.3) is 5.76 Å². The van der Waals surface area contributed by atoms with E-state index in [4.69, 9.17) is 0 Å². The maximum Gasteiger partial charge on any atom is 0.258 e. The number of carbonyl (C=O) groups excluding carboxylic acids is 3. The molecule has 6 N–H and O–H groups in total. The molecular formula is C28H33NO8. The zero-order chi connectivity index (χ0) is 26.9. The van der Waals surface area contributed by atoms with Crippen molar-refractivity contribution in [2.24, 2.45) is 11.8 Å². The number of carbonyl (C=O) groups is 3. The van der Waals surface area contributed by atoms with E-state index in [1.165, 1.54) is 6.07 Å². The Morgan fingerprint density at radius 3 is 2.43 bits per heavy atom. The first kappa shape index (κ1) is 25.5. The van der Waals surface area contributed by atoms with Crippen LogP contribution in [0.4, 0.5) is 0 Å². The van der Waals surface area contributed by atoms with E-state index in [1.54, 1.807) is 19.1 Å². The molecule has 1 aromatic carbocycles. The van der Waals surface area contributed by atoms with Crippen LogP contribution < -0.4 is 5.32 Å². The fourth-order valence-electron chi connectivity index (χ4n) is 7.04. The molecule has 1 aromatic rings. The fourth-order valence-corrected chi connectivity index (χ4v) is 7.04. The molecule has 4 aliphatic carbocycles. The first-order valence-corrected chi connectivity index (χ1v) is 13.0. The largest absolute Gasteiger partial charge is 0.508 e. The third-order valence-corrected chi connectivity index (χ3v) is 9.21. The molecule has 2 saturated carbocycles. The third-order valence-electron chi connectivity index (χ3n) is 9.21. The van der Waals surface area contributed by atoms with E-state index in [0.717, 1.165) is 19.3 Å². The molecule has 2 fully saturated rings. The molecule has 1 amide bonds. The number of phenolic OH excluding ortho intramolecular Hbond substituents is 1. The van der Waals surface area contributed by atoms with Crippen molar-refractivity contribution < 1.29 is 39.9 Å². The van der Waals surface area contributed by atoms with Gasteiger partial charge in [-0.1, -0.05) is 45.2 Å². The molecule has 198 valence electrons. The van der Waals surface area contributed by atoms with Crippen molar-refractivity contribution in [2.75, 3.05) is 0 Å². The lowest BCUT2D eigenvalue weighted by Crippen LogP contribution is -2.64. The van der Waals surface area contributed by atoms with Crippen molar-refractivity contribution in [3.63, 3.8) is 0 Å². The summed E-state index contributed by atoms with van der Waals surface area (Å²) < 4.78 is 0. The van der Waals surface area contributed by atoms with E-state index >= 15 is 0 Å². The van der Waals surface area contributed by atoms with Crippen molar-refractivity contribution in [2.45, 2.75) is 82.0 Å². The van der Waals surface area contributed by atoms with Crippen LogP contribution in [0.5, 0.6) is 5.75 Å². The Hall–Kier alpha value is -3.17. The quantitative estimate of drug-likeness (QED) is 0.337. The molecule has 0 bridgehead atoms. The molecule has 0 aliphatic heterocycles. The van der Waals surface area contributed by atoms with E-state index in [9.17, 15) is 39.9 Å². The number of nitrogens with one attached hydrogen (secondary N) is 1.